The summed E-state index contributed by atoms with van der Waals surface area (Å²) in [6.45, 7) is 3.79. The van der Waals surface area contributed by atoms with Gasteiger partial charge in [0.1, 0.15) is 11.8 Å². The van der Waals surface area contributed by atoms with Crippen molar-refractivity contribution in [2.45, 2.75) is 32.2 Å². The van der Waals surface area contributed by atoms with Gasteiger partial charge in [0.2, 0.25) is 0 Å². The number of carbonyl (C=O) groups is 2. The van der Waals surface area contributed by atoms with Crippen LogP contribution in [0.2, 0.25) is 0 Å². The van der Waals surface area contributed by atoms with Gasteiger partial charge in [-0.25, -0.2) is 0 Å². The van der Waals surface area contributed by atoms with Crippen LogP contribution in [0.4, 0.5) is 0 Å². The van der Waals surface area contributed by atoms with Crippen LogP contribution in [0.15, 0.2) is 18.2 Å². The number of aromatic hydroxyl groups is 1. The van der Waals surface area contributed by atoms with Crippen LogP contribution < -0.4 is 0 Å². The number of carbonyl (C=O) groups excluding carboxylic acids is 1. The van der Waals surface area contributed by atoms with Crippen molar-refractivity contribution in [3.8, 4) is 5.75 Å². The van der Waals surface area contributed by atoms with Crippen molar-refractivity contribution in [1.29, 1.82) is 0 Å². The molecule has 130 valence electrons. The minimum absolute atomic E-state index is 0.00244. The van der Waals surface area contributed by atoms with Gasteiger partial charge in [0.05, 0.1) is 0 Å². The molecule has 2 N–H and O–H groups in total. The lowest BCUT2D eigenvalue weighted by molar-refractivity contribution is -0.141. The van der Waals surface area contributed by atoms with E-state index in [4.69, 9.17) is 0 Å². The predicted molar refractivity (Wildman–Crippen MR) is 89.1 cm³/mol. The Labute approximate surface area is 141 Å². The molecule has 6 nitrogen and oxygen atoms in total. The van der Waals surface area contributed by atoms with E-state index in [-0.39, 0.29) is 17.1 Å². The normalized spacial score (nSPS) is 23.6. The number of rotatable bonds is 2. The van der Waals surface area contributed by atoms with Crippen LogP contribution >= 0.6 is 0 Å². The summed E-state index contributed by atoms with van der Waals surface area (Å²) in [6, 6.07) is 4.59. The summed E-state index contributed by atoms with van der Waals surface area (Å²) in [7, 11) is 1.86. The van der Waals surface area contributed by atoms with Crippen molar-refractivity contribution in [2.75, 3.05) is 26.7 Å². The Morgan fingerprint density at radius 3 is 2.50 bits per heavy atom. The lowest BCUT2D eigenvalue weighted by atomic mass is 9.76. The summed E-state index contributed by atoms with van der Waals surface area (Å²) in [4.78, 5) is 27.8. The number of amides is 1. The first-order chi connectivity index (χ1) is 11.3. The summed E-state index contributed by atoms with van der Waals surface area (Å²) < 4.78 is 0. The van der Waals surface area contributed by atoms with Gasteiger partial charge in [-0.2, -0.15) is 0 Å². The fraction of sp³-hybridized carbons (Fsp3) is 0.556. The van der Waals surface area contributed by atoms with Crippen LogP contribution in [0.25, 0.3) is 0 Å². The summed E-state index contributed by atoms with van der Waals surface area (Å²) >= 11 is 0. The molecule has 0 aromatic heterocycles. The van der Waals surface area contributed by atoms with Gasteiger partial charge in [-0.15, -0.1) is 0 Å². The van der Waals surface area contributed by atoms with E-state index < -0.39 is 12.0 Å². The summed E-state index contributed by atoms with van der Waals surface area (Å²) in [6.07, 6.45) is 2.31. The van der Waals surface area contributed by atoms with E-state index in [0.29, 0.717) is 30.6 Å². The number of likely N-dealkylation sites (tertiary alicyclic amines) is 2. The van der Waals surface area contributed by atoms with Gasteiger partial charge < -0.3 is 15.1 Å². The number of aliphatic carboxylic acids is 1. The largest absolute Gasteiger partial charge is 0.508 e. The number of nitrogens with zero attached hydrogens (tertiary/aromatic N) is 2. The zero-order valence-electron chi connectivity index (χ0n) is 14.2. The van der Waals surface area contributed by atoms with E-state index in [0.717, 1.165) is 19.4 Å². The third kappa shape index (κ3) is 2.86. The van der Waals surface area contributed by atoms with E-state index in [2.05, 4.69) is 0 Å². The lowest BCUT2D eigenvalue weighted by Gasteiger charge is -2.39. The van der Waals surface area contributed by atoms with Crippen LogP contribution in [0.1, 0.15) is 35.2 Å². The van der Waals surface area contributed by atoms with E-state index in [1.807, 2.05) is 16.8 Å². The maximum absolute atomic E-state index is 12.7. The molecule has 1 spiro atoms. The predicted octanol–water partition coefficient (Wildman–Crippen LogP) is 1.71. The topological polar surface area (TPSA) is 81.1 Å². The summed E-state index contributed by atoms with van der Waals surface area (Å²) in [5, 5.41) is 19.1. The van der Waals surface area contributed by atoms with Crippen molar-refractivity contribution in [3.05, 3.63) is 29.3 Å². The third-order valence-electron chi connectivity index (χ3n) is 5.68. The Kier molecular flexibility index (Phi) is 4.25. The van der Waals surface area contributed by atoms with Crippen LogP contribution in [0.5, 0.6) is 5.75 Å². The highest BCUT2D eigenvalue weighted by molar-refractivity contribution is 5.96. The zero-order chi connectivity index (χ0) is 17.5. The SMILES string of the molecule is Cc1c(O)cccc1C(=O)N1CCC2(CC1)C[C@H](C(=O)O)N(C)C2. The van der Waals surface area contributed by atoms with E-state index in [1.54, 1.807) is 25.1 Å². The van der Waals surface area contributed by atoms with Gasteiger partial charge in [0, 0.05) is 30.8 Å². The highest BCUT2D eigenvalue weighted by Crippen LogP contribution is 2.43. The quantitative estimate of drug-likeness (QED) is 0.862. The molecule has 2 heterocycles. The molecule has 0 saturated carbocycles. The Balaban J connectivity index is 1.68. The van der Waals surface area contributed by atoms with E-state index in [9.17, 15) is 19.8 Å². The smallest absolute Gasteiger partial charge is 0.320 e. The Hall–Kier alpha value is -2.08. The van der Waals surface area contributed by atoms with Crippen molar-refractivity contribution < 1.29 is 19.8 Å². The molecule has 3 rings (SSSR count). The third-order valence-corrected chi connectivity index (χ3v) is 5.68. The summed E-state index contributed by atoms with van der Waals surface area (Å²) in [5.74, 6) is -0.682. The molecule has 0 unspecified atom stereocenters. The van der Waals surface area contributed by atoms with Crippen LogP contribution in [-0.2, 0) is 4.79 Å². The first-order valence-electron chi connectivity index (χ1n) is 8.34. The van der Waals surface area contributed by atoms with Gasteiger partial charge >= 0.3 is 5.97 Å². The summed E-state index contributed by atoms with van der Waals surface area (Å²) in [5.41, 5.74) is 1.15. The molecular formula is C18H24N2O4. The average molecular weight is 332 g/mol. The molecular weight excluding hydrogens is 308 g/mol. The lowest BCUT2D eigenvalue weighted by Crippen LogP contribution is -2.44. The van der Waals surface area contributed by atoms with E-state index in [1.165, 1.54) is 0 Å². The molecule has 0 radical (unpaired) electrons. The average Bonchev–Trinajstić information content (AvgIpc) is 2.87. The van der Waals surface area contributed by atoms with Crippen LogP contribution in [-0.4, -0.2) is 64.6 Å². The van der Waals surface area contributed by atoms with Gasteiger partial charge in [-0.05, 0) is 50.8 Å². The Morgan fingerprint density at radius 2 is 1.92 bits per heavy atom. The van der Waals surface area contributed by atoms with Gasteiger partial charge in [-0.3, -0.25) is 14.5 Å². The number of hydrogen-bond donors (Lipinski definition) is 2. The first kappa shape index (κ1) is 16.8. The maximum Gasteiger partial charge on any atom is 0.320 e. The minimum atomic E-state index is -0.761. The second-order valence-corrected chi connectivity index (χ2v) is 7.22. The van der Waals surface area contributed by atoms with Crippen molar-refractivity contribution >= 4 is 11.9 Å². The van der Waals surface area contributed by atoms with Gasteiger partial charge in [-0.1, -0.05) is 6.07 Å². The second kappa shape index (κ2) is 6.09. The standard InChI is InChI=1S/C18H24N2O4/c1-12-13(4-3-5-15(12)21)16(22)20-8-6-18(7-9-20)10-14(17(23)24)19(2)11-18/h3-5,14,21H,6-11H2,1-2H3,(H,23,24)/t14-/m1/s1. The van der Waals surface area contributed by atoms with Crippen molar-refractivity contribution in [1.82, 2.24) is 9.80 Å². The molecule has 0 bridgehead atoms. The number of piperidine rings is 1. The number of carboxylic acid groups (broad SMARTS) is 1. The Morgan fingerprint density at radius 1 is 1.25 bits per heavy atom. The molecule has 2 saturated heterocycles. The zero-order valence-corrected chi connectivity index (χ0v) is 14.2. The number of phenols is 1. The maximum atomic E-state index is 12.7. The number of hydrogen-bond acceptors (Lipinski definition) is 4. The molecule has 2 fully saturated rings. The van der Waals surface area contributed by atoms with Gasteiger partial charge in [0.25, 0.3) is 5.91 Å². The fourth-order valence-electron chi connectivity index (χ4n) is 4.12. The minimum Gasteiger partial charge on any atom is -0.508 e. The first-order valence-corrected chi connectivity index (χ1v) is 8.34. The molecule has 1 atom stereocenters. The molecule has 2 aliphatic rings. The molecule has 1 aromatic carbocycles. The van der Waals surface area contributed by atoms with Crippen molar-refractivity contribution in [2.24, 2.45) is 5.41 Å². The molecule has 0 aliphatic carbocycles. The number of likely N-dealkylation sites (N-methyl/N-ethyl adjacent to an activating group) is 1. The van der Waals surface area contributed by atoms with Gasteiger partial charge in [0.15, 0.2) is 0 Å². The van der Waals surface area contributed by atoms with Crippen molar-refractivity contribution in [3.63, 3.8) is 0 Å². The number of carboxylic acids is 1. The van der Waals surface area contributed by atoms with Crippen LogP contribution in [0, 0.1) is 12.3 Å². The number of phenolic OH excluding ortho intramolecular Hbond substituents is 1. The number of benzene rings is 1. The molecule has 1 aromatic rings. The Bertz CT molecular complexity index is 665. The monoisotopic (exact) mass is 332 g/mol. The second-order valence-electron chi connectivity index (χ2n) is 7.22. The molecule has 2 aliphatic heterocycles. The highest BCUT2D eigenvalue weighted by atomic mass is 16.4. The molecule has 24 heavy (non-hydrogen) atoms. The molecule has 1 amide bonds. The van der Waals surface area contributed by atoms with Crippen LogP contribution in [0.3, 0.4) is 0 Å². The fourth-order valence-corrected chi connectivity index (χ4v) is 4.12. The van der Waals surface area contributed by atoms with E-state index >= 15 is 0 Å². The highest BCUT2D eigenvalue weighted by Gasteiger charge is 2.47. The molecule has 6 heteroatoms.